The fraction of sp³-hybridized carbons (Fsp3) is 0.276. The normalized spacial score (nSPS) is 11.4. The SMILES string of the molecule is CCOC(COc1ccccc1)OCC.OCc1c(-c2ccc(C(F)(F)F)cc2F)cnc2cc(O)ccc12. The molecule has 0 saturated carbocycles. The van der Waals surface area contributed by atoms with Gasteiger partial charge in [-0.1, -0.05) is 24.3 Å². The summed E-state index contributed by atoms with van der Waals surface area (Å²) in [5.41, 5.74) is -0.279. The van der Waals surface area contributed by atoms with Gasteiger partial charge in [0.05, 0.1) is 17.7 Å². The van der Waals surface area contributed by atoms with Crippen LogP contribution in [-0.2, 0) is 22.3 Å². The van der Waals surface area contributed by atoms with E-state index in [0.717, 1.165) is 17.9 Å². The molecule has 0 spiro atoms. The largest absolute Gasteiger partial charge is 0.508 e. The molecular formula is C29H29F4NO5. The number of ether oxygens (including phenoxy) is 3. The van der Waals surface area contributed by atoms with Crippen molar-refractivity contribution in [3.63, 3.8) is 0 Å². The fourth-order valence-electron chi connectivity index (χ4n) is 3.75. The minimum absolute atomic E-state index is 0.0210. The molecule has 4 rings (SSSR count). The van der Waals surface area contributed by atoms with Crippen molar-refractivity contribution in [2.24, 2.45) is 0 Å². The molecule has 1 heterocycles. The summed E-state index contributed by atoms with van der Waals surface area (Å²) in [5, 5.41) is 19.6. The van der Waals surface area contributed by atoms with Crippen molar-refractivity contribution in [3.8, 4) is 22.6 Å². The van der Waals surface area contributed by atoms with Crippen molar-refractivity contribution in [1.29, 1.82) is 0 Å². The van der Waals surface area contributed by atoms with E-state index >= 15 is 0 Å². The number of aliphatic hydroxyl groups is 1. The van der Waals surface area contributed by atoms with Crippen LogP contribution < -0.4 is 4.74 Å². The molecule has 6 nitrogen and oxygen atoms in total. The molecule has 0 atom stereocenters. The number of aromatic nitrogens is 1. The predicted octanol–water partition coefficient (Wildman–Crippen LogP) is 6.72. The Morgan fingerprint density at radius 3 is 2.18 bits per heavy atom. The Morgan fingerprint density at radius 1 is 0.897 bits per heavy atom. The van der Waals surface area contributed by atoms with Gasteiger partial charge in [0.1, 0.15) is 23.9 Å². The Bertz CT molecular complexity index is 1340. The average molecular weight is 548 g/mol. The first-order valence-electron chi connectivity index (χ1n) is 12.2. The van der Waals surface area contributed by atoms with E-state index < -0.39 is 24.2 Å². The lowest BCUT2D eigenvalue weighted by atomic mass is 9.97. The van der Waals surface area contributed by atoms with E-state index in [1.165, 1.54) is 24.4 Å². The summed E-state index contributed by atoms with van der Waals surface area (Å²) in [7, 11) is 0. The zero-order chi connectivity index (χ0) is 28.4. The number of benzene rings is 3. The molecule has 4 aromatic rings. The number of aliphatic hydroxyl groups excluding tert-OH is 1. The van der Waals surface area contributed by atoms with E-state index in [4.69, 9.17) is 14.2 Å². The summed E-state index contributed by atoms with van der Waals surface area (Å²) in [6.07, 6.45) is -3.66. The maximum Gasteiger partial charge on any atom is 0.416 e. The van der Waals surface area contributed by atoms with E-state index in [1.807, 2.05) is 44.2 Å². The van der Waals surface area contributed by atoms with Gasteiger partial charge in [-0.05, 0) is 55.8 Å². The summed E-state index contributed by atoms with van der Waals surface area (Å²) >= 11 is 0. The lowest BCUT2D eigenvalue weighted by Crippen LogP contribution is -2.25. The molecule has 0 aliphatic carbocycles. The third-order valence-electron chi connectivity index (χ3n) is 5.54. The van der Waals surface area contributed by atoms with Gasteiger partial charge in [-0.25, -0.2) is 4.39 Å². The molecule has 0 aliphatic rings. The topological polar surface area (TPSA) is 81.0 Å². The minimum atomic E-state index is -4.64. The van der Waals surface area contributed by atoms with Gasteiger partial charge in [0.25, 0.3) is 0 Å². The summed E-state index contributed by atoms with van der Waals surface area (Å²) < 4.78 is 68.4. The molecule has 0 radical (unpaired) electrons. The first kappa shape index (κ1) is 29.8. The molecular weight excluding hydrogens is 518 g/mol. The summed E-state index contributed by atoms with van der Waals surface area (Å²) in [6.45, 7) is 5.10. The second-order valence-corrected chi connectivity index (χ2v) is 8.17. The first-order chi connectivity index (χ1) is 18.7. The van der Waals surface area contributed by atoms with Gasteiger partial charge in [-0.2, -0.15) is 13.2 Å². The highest BCUT2D eigenvalue weighted by molar-refractivity contribution is 5.89. The van der Waals surface area contributed by atoms with Crippen molar-refractivity contribution in [2.45, 2.75) is 32.9 Å². The Hall–Kier alpha value is -3.73. The van der Waals surface area contributed by atoms with Crippen LogP contribution in [0.4, 0.5) is 17.6 Å². The van der Waals surface area contributed by atoms with Crippen molar-refractivity contribution >= 4 is 10.9 Å². The van der Waals surface area contributed by atoms with Crippen LogP contribution >= 0.6 is 0 Å². The molecule has 0 bridgehead atoms. The van der Waals surface area contributed by atoms with Crippen LogP contribution in [-0.4, -0.2) is 41.3 Å². The number of rotatable bonds is 9. The smallest absolute Gasteiger partial charge is 0.416 e. The standard InChI is InChI=1S/C17H11F4NO2.C12H18O3/c18-15-5-9(17(19,20)21)1-3-11(15)13-7-22-16-6-10(24)2-4-12(16)14(13)8-23;1-3-13-12(14-4-2)10-15-11-8-6-5-7-9-11/h1-7,23-24H,8H2;5-9,12H,3-4,10H2,1-2H3. The molecule has 1 aromatic heterocycles. The summed E-state index contributed by atoms with van der Waals surface area (Å²) in [5.74, 6) is -0.242. The molecule has 0 aliphatic heterocycles. The number of phenolic OH excluding ortho intramolecular Hbond substituents is 1. The number of hydrogen-bond acceptors (Lipinski definition) is 6. The van der Waals surface area contributed by atoms with Crippen molar-refractivity contribution < 1.29 is 42.0 Å². The van der Waals surface area contributed by atoms with Crippen LogP contribution in [0.1, 0.15) is 25.0 Å². The zero-order valence-corrected chi connectivity index (χ0v) is 21.4. The van der Waals surface area contributed by atoms with Crippen molar-refractivity contribution in [1.82, 2.24) is 4.98 Å². The first-order valence-corrected chi connectivity index (χ1v) is 12.2. The number of phenols is 1. The van der Waals surface area contributed by atoms with Crippen molar-refractivity contribution in [3.05, 3.63) is 89.9 Å². The number of halogens is 4. The average Bonchev–Trinajstić information content (AvgIpc) is 2.91. The number of hydrogen-bond donors (Lipinski definition) is 2. The van der Waals surface area contributed by atoms with E-state index in [2.05, 4.69) is 4.98 Å². The predicted molar refractivity (Wildman–Crippen MR) is 139 cm³/mol. The molecule has 2 N–H and O–H groups in total. The van der Waals surface area contributed by atoms with Crippen LogP contribution in [0.15, 0.2) is 72.9 Å². The van der Waals surface area contributed by atoms with Gasteiger partial charge < -0.3 is 24.4 Å². The molecule has 0 saturated heterocycles. The maximum atomic E-state index is 14.2. The molecule has 0 amide bonds. The van der Waals surface area contributed by atoms with Gasteiger partial charge >= 0.3 is 6.18 Å². The van der Waals surface area contributed by atoms with E-state index in [1.54, 1.807) is 0 Å². The Balaban J connectivity index is 0.000000242. The van der Waals surface area contributed by atoms with E-state index in [-0.39, 0.29) is 23.2 Å². The monoisotopic (exact) mass is 547 g/mol. The molecule has 39 heavy (non-hydrogen) atoms. The number of aromatic hydroxyl groups is 1. The quantitative estimate of drug-likeness (QED) is 0.179. The molecule has 0 unspecified atom stereocenters. The third kappa shape index (κ3) is 8.13. The Kier molecular flexibility index (Phi) is 10.6. The molecule has 0 fully saturated rings. The lowest BCUT2D eigenvalue weighted by Gasteiger charge is -2.17. The van der Waals surface area contributed by atoms with Crippen LogP contribution in [0.2, 0.25) is 0 Å². The number of para-hydroxylation sites is 1. The van der Waals surface area contributed by atoms with Crippen LogP contribution in [0.3, 0.4) is 0 Å². The number of pyridine rings is 1. The van der Waals surface area contributed by atoms with Gasteiger partial charge in [-0.3, -0.25) is 4.98 Å². The minimum Gasteiger partial charge on any atom is -0.508 e. The highest BCUT2D eigenvalue weighted by atomic mass is 19.4. The summed E-state index contributed by atoms with van der Waals surface area (Å²) in [4.78, 5) is 4.08. The Morgan fingerprint density at radius 2 is 1.59 bits per heavy atom. The number of alkyl halides is 3. The second-order valence-electron chi connectivity index (χ2n) is 8.17. The van der Waals surface area contributed by atoms with E-state index in [0.29, 0.717) is 42.4 Å². The molecule has 3 aromatic carbocycles. The highest BCUT2D eigenvalue weighted by Gasteiger charge is 2.31. The van der Waals surface area contributed by atoms with Crippen LogP contribution in [0, 0.1) is 5.82 Å². The summed E-state index contributed by atoms with van der Waals surface area (Å²) in [6, 6.07) is 16.1. The van der Waals surface area contributed by atoms with Gasteiger partial charge in [0.2, 0.25) is 0 Å². The second kappa shape index (κ2) is 13.9. The maximum absolute atomic E-state index is 14.2. The molecule has 208 valence electrons. The van der Waals surface area contributed by atoms with Crippen LogP contribution in [0.25, 0.3) is 22.0 Å². The third-order valence-corrected chi connectivity index (χ3v) is 5.54. The highest BCUT2D eigenvalue weighted by Crippen LogP contribution is 2.35. The van der Waals surface area contributed by atoms with Gasteiger partial charge in [0, 0.05) is 42.0 Å². The zero-order valence-electron chi connectivity index (χ0n) is 21.4. The van der Waals surface area contributed by atoms with Crippen LogP contribution in [0.5, 0.6) is 11.5 Å². The van der Waals surface area contributed by atoms with E-state index in [9.17, 15) is 27.8 Å². The van der Waals surface area contributed by atoms with Gasteiger partial charge in [-0.15, -0.1) is 0 Å². The number of fused-ring (bicyclic) bond motifs is 1. The molecule has 10 heteroatoms. The van der Waals surface area contributed by atoms with Crippen molar-refractivity contribution in [2.75, 3.05) is 19.8 Å². The van der Waals surface area contributed by atoms with Gasteiger partial charge in [0.15, 0.2) is 6.29 Å². The fourth-order valence-corrected chi connectivity index (χ4v) is 3.75. The number of nitrogens with zero attached hydrogens (tertiary/aromatic N) is 1. The lowest BCUT2D eigenvalue weighted by molar-refractivity contribution is -0.152. The Labute approximate surface area is 223 Å².